The van der Waals surface area contributed by atoms with E-state index in [9.17, 15) is 4.79 Å². The van der Waals surface area contributed by atoms with E-state index in [1.54, 1.807) is 6.92 Å². The zero-order chi connectivity index (χ0) is 22.6. The fourth-order valence-corrected chi connectivity index (χ4v) is 4.49. The standard InChI is InChI=1S/C26H36N4O/c1-7-10-12-20(13-11-8-2)24-21-17-26(6,9-3)15-14-23(21)30-19(5)28-29-25(30)22(27-24)16-18(4)31/h7,10-13,22H,8-9,14-17H2,1-6H3/b10-7-,13-11-,20-12+. The summed E-state index contributed by atoms with van der Waals surface area (Å²) in [6.07, 6.45) is 16.1. The number of hydrogen-bond acceptors (Lipinski definition) is 4. The van der Waals surface area contributed by atoms with E-state index in [0.29, 0.717) is 6.42 Å². The molecular weight excluding hydrogens is 384 g/mol. The first-order valence-corrected chi connectivity index (χ1v) is 11.5. The molecular formula is C26H36N4O. The highest BCUT2D eigenvalue weighted by Gasteiger charge is 2.37. The number of Topliss-reactive ketones (excluding diaryl/α,β-unsaturated/α-hetero) is 1. The summed E-state index contributed by atoms with van der Waals surface area (Å²) >= 11 is 0. The van der Waals surface area contributed by atoms with Gasteiger partial charge in [0.2, 0.25) is 0 Å². The molecule has 0 fully saturated rings. The molecule has 1 aromatic heterocycles. The first-order chi connectivity index (χ1) is 14.8. The van der Waals surface area contributed by atoms with Crippen molar-refractivity contribution in [3.05, 3.63) is 53.2 Å². The molecule has 0 bridgehead atoms. The average molecular weight is 421 g/mol. The maximum Gasteiger partial charge on any atom is 0.162 e. The van der Waals surface area contributed by atoms with E-state index < -0.39 is 0 Å². The van der Waals surface area contributed by atoms with Gasteiger partial charge in [-0.3, -0.25) is 14.4 Å². The number of hydrogen-bond donors (Lipinski definition) is 0. The predicted molar refractivity (Wildman–Crippen MR) is 128 cm³/mol. The van der Waals surface area contributed by atoms with Gasteiger partial charge in [-0.1, -0.05) is 57.6 Å². The van der Waals surface area contributed by atoms with Crippen molar-refractivity contribution in [3.63, 3.8) is 0 Å². The molecule has 3 rings (SSSR count). The molecule has 0 saturated heterocycles. The number of nitrogens with zero attached hydrogens (tertiary/aromatic N) is 4. The van der Waals surface area contributed by atoms with Crippen molar-refractivity contribution in [1.82, 2.24) is 14.8 Å². The average Bonchev–Trinajstić information content (AvgIpc) is 3.06. The number of fused-ring (bicyclic) bond motifs is 2. The van der Waals surface area contributed by atoms with Crippen LogP contribution in [-0.2, 0) is 4.79 Å². The lowest BCUT2D eigenvalue weighted by Gasteiger charge is -2.36. The Hall–Kier alpha value is -2.56. The van der Waals surface area contributed by atoms with E-state index in [1.807, 2.05) is 19.9 Å². The van der Waals surface area contributed by atoms with Crippen molar-refractivity contribution < 1.29 is 4.79 Å². The molecule has 31 heavy (non-hydrogen) atoms. The van der Waals surface area contributed by atoms with Gasteiger partial charge in [0, 0.05) is 12.1 Å². The monoisotopic (exact) mass is 420 g/mol. The molecule has 2 aliphatic rings. The maximum absolute atomic E-state index is 12.1. The summed E-state index contributed by atoms with van der Waals surface area (Å²) in [5, 5.41) is 8.86. The SMILES string of the molecule is C\C=C/C=C(\C=C/CC)C1=NC(CC(C)=O)c2nnc(C)n2C2=C1CC(C)(CC)CC2. The molecule has 0 radical (unpaired) electrons. The molecule has 0 amide bonds. The number of rotatable bonds is 7. The van der Waals surface area contributed by atoms with Crippen LogP contribution in [0.3, 0.4) is 0 Å². The third-order valence-corrected chi connectivity index (χ3v) is 6.52. The van der Waals surface area contributed by atoms with Crippen molar-refractivity contribution in [3.8, 4) is 0 Å². The molecule has 0 aromatic carbocycles. The summed E-state index contributed by atoms with van der Waals surface area (Å²) in [7, 11) is 0. The Morgan fingerprint density at radius 3 is 2.71 bits per heavy atom. The molecule has 0 N–H and O–H groups in total. The molecule has 166 valence electrons. The smallest absolute Gasteiger partial charge is 0.162 e. The molecule has 2 atom stereocenters. The third kappa shape index (κ3) is 4.86. The topological polar surface area (TPSA) is 60.1 Å². The van der Waals surface area contributed by atoms with Crippen molar-refractivity contribution in [1.29, 1.82) is 0 Å². The van der Waals surface area contributed by atoms with E-state index in [4.69, 9.17) is 4.99 Å². The van der Waals surface area contributed by atoms with Crippen LogP contribution >= 0.6 is 0 Å². The minimum absolute atomic E-state index is 0.113. The quantitative estimate of drug-likeness (QED) is 0.483. The summed E-state index contributed by atoms with van der Waals surface area (Å²) in [5.74, 6) is 1.78. The van der Waals surface area contributed by atoms with Crippen molar-refractivity contribution in [2.45, 2.75) is 86.1 Å². The number of allylic oxidation sites excluding steroid dienone is 8. The van der Waals surface area contributed by atoms with Crippen LogP contribution in [0, 0.1) is 12.3 Å². The number of carbonyl (C=O) groups excluding carboxylic acids is 1. The Balaban J connectivity index is 2.30. The number of aliphatic imine (C=N–C) groups is 1. The number of aromatic nitrogens is 3. The van der Waals surface area contributed by atoms with E-state index in [2.05, 4.69) is 59.8 Å². The van der Waals surface area contributed by atoms with Gasteiger partial charge in [0.15, 0.2) is 5.82 Å². The van der Waals surface area contributed by atoms with Gasteiger partial charge in [-0.15, -0.1) is 10.2 Å². The summed E-state index contributed by atoms with van der Waals surface area (Å²) < 4.78 is 2.19. The van der Waals surface area contributed by atoms with Gasteiger partial charge in [-0.2, -0.15) is 0 Å². The molecule has 5 nitrogen and oxygen atoms in total. The van der Waals surface area contributed by atoms with E-state index >= 15 is 0 Å². The molecule has 2 heterocycles. The van der Waals surface area contributed by atoms with E-state index in [1.165, 1.54) is 11.3 Å². The fourth-order valence-electron chi connectivity index (χ4n) is 4.49. The molecule has 0 spiro atoms. The molecule has 1 aromatic rings. The normalized spacial score (nSPS) is 24.4. The van der Waals surface area contributed by atoms with E-state index in [-0.39, 0.29) is 17.2 Å². The van der Waals surface area contributed by atoms with Gasteiger partial charge in [-0.25, -0.2) is 0 Å². The Morgan fingerprint density at radius 1 is 1.29 bits per heavy atom. The zero-order valence-electron chi connectivity index (χ0n) is 19.9. The molecule has 1 aliphatic carbocycles. The first kappa shape index (κ1) is 23.1. The van der Waals surface area contributed by atoms with Gasteiger partial charge in [0.25, 0.3) is 0 Å². The van der Waals surface area contributed by atoms with Gasteiger partial charge in [0.05, 0.1) is 5.71 Å². The van der Waals surface area contributed by atoms with Crippen LogP contribution in [0.2, 0.25) is 0 Å². The number of ketones is 1. The van der Waals surface area contributed by atoms with Gasteiger partial charge >= 0.3 is 0 Å². The Morgan fingerprint density at radius 2 is 2.06 bits per heavy atom. The van der Waals surface area contributed by atoms with Crippen molar-refractivity contribution in [2.24, 2.45) is 10.4 Å². The third-order valence-electron chi connectivity index (χ3n) is 6.52. The van der Waals surface area contributed by atoms with Crippen LogP contribution in [0.1, 0.15) is 90.8 Å². The summed E-state index contributed by atoms with van der Waals surface area (Å²) in [6.45, 7) is 12.4. The predicted octanol–water partition coefficient (Wildman–Crippen LogP) is 6.34. The Labute approximate surface area is 186 Å². The second kappa shape index (κ2) is 9.71. The lowest BCUT2D eigenvalue weighted by atomic mass is 9.71. The first-order valence-electron chi connectivity index (χ1n) is 11.5. The number of aryl methyl sites for hydroxylation is 1. The van der Waals surface area contributed by atoms with Crippen molar-refractivity contribution >= 4 is 17.2 Å². The maximum atomic E-state index is 12.1. The zero-order valence-corrected chi connectivity index (χ0v) is 19.9. The highest BCUT2D eigenvalue weighted by molar-refractivity contribution is 6.17. The van der Waals surface area contributed by atoms with Crippen LogP contribution in [-0.4, -0.2) is 26.3 Å². The van der Waals surface area contributed by atoms with Crippen LogP contribution in [0.15, 0.2) is 46.5 Å². The highest BCUT2D eigenvalue weighted by atomic mass is 16.1. The summed E-state index contributed by atoms with van der Waals surface area (Å²) in [6, 6.07) is -0.323. The second-order valence-electron chi connectivity index (χ2n) is 9.07. The Kier molecular flexibility index (Phi) is 7.24. The fraction of sp³-hybridized carbons (Fsp3) is 0.538. The summed E-state index contributed by atoms with van der Waals surface area (Å²) in [5.41, 5.74) is 4.88. The largest absolute Gasteiger partial charge is 0.300 e. The second-order valence-corrected chi connectivity index (χ2v) is 9.07. The van der Waals surface area contributed by atoms with Crippen LogP contribution in [0.5, 0.6) is 0 Å². The Bertz CT molecular complexity index is 989. The van der Waals surface area contributed by atoms with Crippen LogP contribution < -0.4 is 0 Å². The minimum atomic E-state index is -0.323. The lowest BCUT2D eigenvalue weighted by molar-refractivity contribution is -0.117. The summed E-state index contributed by atoms with van der Waals surface area (Å²) in [4.78, 5) is 17.4. The minimum Gasteiger partial charge on any atom is -0.300 e. The van der Waals surface area contributed by atoms with Crippen molar-refractivity contribution in [2.75, 3.05) is 0 Å². The number of carbonyl (C=O) groups is 1. The molecule has 1 aliphatic heterocycles. The van der Waals surface area contributed by atoms with E-state index in [0.717, 1.165) is 55.0 Å². The van der Waals surface area contributed by atoms with Gasteiger partial charge in [-0.05, 0) is 63.0 Å². The van der Waals surface area contributed by atoms with Gasteiger partial charge in [0.1, 0.15) is 17.6 Å². The van der Waals surface area contributed by atoms with Gasteiger partial charge < -0.3 is 0 Å². The molecule has 2 unspecified atom stereocenters. The highest BCUT2D eigenvalue weighted by Crippen LogP contribution is 2.46. The molecule has 0 saturated carbocycles. The molecule has 5 heteroatoms. The lowest BCUT2D eigenvalue weighted by Crippen LogP contribution is -2.26. The van der Waals surface area contributed by atoms with Crippen LogP contribution in [0.4, 0.5) is 0 Å². The van der Waals surface area contributed by atoms with Crippen LogP contribution in [0.25, 0.3) is 5.70 Å².